The zero-order valence-electron chi connectivity index (χ0n) is 15.2. The third kappa shape index (κ3) is 3.41. The Morgan fingerprint density at radius 2 is 1.80 bits per heavy atom. The van der Waals surface area contributed by atoms with E-state index in [1.807, 2.05) is 36.4 Å². The van der Waals surface area contributed by atoms with Crippen molar-refractivity contribution < 1.29 is 14.4 Å². The topological polar surface area (TPSA) is 74.7 Å². The van der Waals surface area contributed by atoms with Crippen molar-refractivity contribution >= 4 is 17.7 Å². The minimum absolute atomic E-state index is 0.0214. The average molecular weight is 346 g/mol. The lowest BCUT2D eigenvalue weighted by atomic mass is 10.2. The van der Waals surface area contributed by atoms with Crippen LogP contribution in [0.5, 0.6) is 0 Å². The Balaban J connectivity index is 1.65. The van der Waals surface area contributed by atoms with Crippen LogP contribution in [0, 0.1) is 13.8 Å². The molecule has 1 unspecified atom stereocenters. The molecule has 3 amide bonds. The summed E-state index contributed by atoms with van der Waals surface area (Å²) < 4.78 is 2.02. The lowest BCUT2D eigenvalue weighted by Crippen LogP contribution is -2.46. The second-order valence-corrected chi connectivity index (χ2v) is 6.97. The molecule has 1 atom stereocenters. The van der Waals surface area contributed by atoms with Crippen molar-refractivity contribution in [1.82, 2.24) is 19.7 Å². The minimum atomic E-state index is -0.395. The minimum Gasteiger partial charge on any atom is -0.351 e. The summed E-state index contributed by atoms with van der Waals surface area (Å²) in [5, 5.41) is 2.73. The fraction of sp³-hybridized carbons (Fsp3) is 0.611. The fourth-order valence-corrected chi connectivity index (χ4v) is 3.60. The van der Waals surface area contributed by atoms with Crippen molar-refractivity contribution in [1.29, 1.82) is 0 Å². The molecule has 25 heavy (non-hydrogen) atoms. The van der Waals surface area contributed by atoms with E-state index in [9.17, 15) is 14.4 Å². The van der Waals surface area contributed by atoms with Crippen molar-refractivity contribution in [3.63, 3.8) is 0 Å². The van der Waals surface area contributed by atoms with E-state index >= 15 is 0 Å². The van der Waals surface area contributed by atoms with Crippen LogP contribution in [0.3, 0.4) is 0 Å². The summed E-state index contributed by atoms with van der Waals surface area (Å²) in [6, 6.07) is 1.54. The number of nitrogens with one attached hydrogen (secondary N) is 1. The van der Waals surface area contributed by atoms with Gasteiger partial charge in [0.15, 0.2) is 0 Å². The van der Waals surface area contributed by atoms with Gasteiger partial charge in [-0.3, -0.25) is 14.4 Å². The number of nitrogens with zero attached hydrogens (tertiary/aromatic N) is 3. The maximum atomic E-state index is 12.9. The van der Waals surface area contributed by atoms with E-state index in [4.69, 9.17) is 0 Å². The third-order valence-corrected chi connectivity index (χ3v) is 5.39. The van der Waals surface area contributed by atoms with Crippen LogP contribution < -0.4 is 5.32 Å². The Morgan fingerprint density at radius 3 is 2.40 bits per heavy atom. The zero-order valence-corrected chi connectivity index (χ0v) is 15.2. The molecule has 3 heterocycles. The summed E-state index contributed by atoms with van der Waals surface area (Å²) in [5.41, 5.74) is 2.76. The third-order valence-electron chi connectivity index (χ3n) is 5.39. The van der Waals surface area contributed by atoms with Crippen molar-refractivity contribution in [3.05, 3.63) is 23.0 Å². The molecule has 7 heteroatoms. The first-order valence-electron chi connectivity index (χ1n) is 8.89. The Morgan fingerprint density at radius 1 is 1.12 bits per heavy atom. The SMILES string of the molecule is Cc1cc(C(=O)N2CCCN(C(=O)C3CCC(=O)N3)CC2)c(C)n1C. The summed E-state index contributed by atoms with van der Waals surface area (Å²) in [6.45, 7) is 6.26. The molecule has 0 spiro atoms. The average Bonchev–Trinajstić information content (AvgIpc) is 3.02. The van der Waals surface area contributed by atoms with E-state index in [-0.39, 0.29) is 17.7 Å². The summed E-state index contributed by atoms with van der Waals surface area (Å²) in [6.07, 6.45) is 1.74. The van der Waals surface area contributed by atoms with E-state index in [0.29, 0.717) is 39.0 Å². The monoisotopic (exact) mass is 346 g/mol. The molecule has 0 bridgehead atoms. The molecule has 2 aliphatic rings. The van der Waals surface area contributed by atoms with Crippen LogP contribution >= 0.6 is 0 Å². The van der Waals surface area contributed by atoms with Crippen LogP contribution in [-0.4, -0.2) is 64.3 Å². The Labute approximate surface area is 148 Å². The van der Waals surface area contributed by atoms with E-state index in [1.54, 1.807) is 4.90 Å². The van der Waals surface area contributed by atoms with Gasteiger partial charge in [0.2, 0.25) is 11.8 Å². The molecule has 0 aromatic carbocycles. The molecular formula is C18H26N4O3. The van der Waals surface area contributed by atoms with Gasteiger partial charge in [-0.25, -0.2) is 0 Å². The zero-order chi connectivity index (χ0) is 18.1. The molecule has 1 aromatic rings. The summed E-state index contributed by atoms with van der Waals surface area (Å²) in [4.78, 5) is 40.4. The van der Waals surface area contributed by atoms with Gasteiger partial charge in [0.1, 0.15) is 6.04 Å². The highest BCUT2D eigenvalue weighted by Crippen LogP contribution is 2.18. The van der Waals surface area contributed by atoms with Gasteiger partial charge < -0.3 is 19.7 Å². The van der Waals surface area contributed by atoms with E-state index in [1.165, 1.54) is 0 Å². The predicted molar refractivity (Wildman–Crippen MR) is 93.2 cm³/mol. The Hall–Kier alpha value is -2.31. The first-order valence-corrected chi connectivity index (χ1v) is 8.89. The van der Waals surface area contributed by atoms with Crippen LogP contribution in [0.2, 0.25) is 0 Å². The molecule has 0 radical (unpaired) electrons. The highest BCUT2D eigenvalue weighted by Gasteiger charge is 2.32. The fourth-order valence-electron chi connectivity index (χ4n) is 3.60. The van der Waals surface area contributed by atoms with Crippen LogP contribution in [-0.2, 0) is 16.6 Å². The van der Waals surface area contributed by atoms with Gasteiger partial charge in [0.25, 0.3) is 5.91 Å². The number of carbonyl (C=O) groups is 3. The van der Waals surface area contributed by atoms with Crippen molar-refractivity contribution in [3.8, 4) is 0 Å². The molecule has 1 N–H and O–H groups in total. The van der Waals surface area contributed by atoms with Gasteiger partial charge in [-0.2, -0.15) is 0 Å². The smallest absolute Gasteiger partial charge is 0.255 e. The first-order chi connectivity index (χ1) is 11.9. The van der Waals surface area contributed by atoms with Gasteiger partial charge in [0, 0.05) is 51.0 Å². The number of amides is 3. The van der Waals surface area contributed by atoms with E-state index in [0.717, 1.165) is 23.4 Å². The number of rotatable bonds is 2. The molecule has 0 aliphatic carbocycles. The standard InChI is InChI=1S/C18H26N4O3/c1-12-11-14(13(2)20(12)3)17(24)21-7-4-8-22(10-9-21)18(25)15-5-6-16(23)19-15/h11,15H,4-10H2,1-3H3,(H,19,23). The molecule has 136 valence electrons. The lowest BCUT2D eigenvalue weighted by molar-refractivity contribution is -0.134. The van der Waals surface area contributed by atoms with Crippen molar-refractivity contribution in [2.24, 2.45) is 7.05 Å². The Kier molecular flexibility index (Phi) is 4.83. The normalized spacial score (nSPS) is 21.2. The molecule has 0 saturated carbocycles. The maximum absolute atomic E-state index is 12.9. The van der Waals surface area contributed by atoms with Crippen LogP contribution in [0.15, 0.2) is 6.07 Å². The summed E-state index contributed by atoms with van der Waals surface area (Å²) in [7, 11) is 1.96. The molecule has 2 fully saturated rings. The molecule has 2 saturated heterocycles. The largest absolute Gasteiger partial charge is 0.351 e. The number of aryl methyl sites for hydroxylation is 1. The van der Waals surface area contributed by atoms with Gasteiger partial charge in [-0.1, -0.05) is 0 Å². The Bertz CT molecular complexity index is 709. The second-order valence-electron chi connectivity index (χ2n) is 6.97. The molecule has 7 nitrogen and oxygen atoms in total. The molecule has 2 aliphatic heterocycles. The van der Waals surface area contributed by atoms with Crippen LogP contribution in [0.25, 0.3) is 0 Å². The second kappa shape index (κ2) is 6.90. The van der Waals surface area contributed by atoms with E-state index in [2.05, 4.69) is 5.32 Å². The van der Waals surface area contributed by atoms with E-state index < -0.39 is 6.04 Å². The highest BCUT2D eigenvalue weighted by atomic mass is 16.2. The number of carbonyl (C=O) groups excluding carboxylic acids is 3. The van der Waals surface area contributed by atoms with Crippen molar-refractivity contribution in [2.45, 2.75) is 39.2 Å². The lowest BCUT2D eigenvalue weighted by Gasteiger charge is -2.24. The highest BCUT2D eigenvalue weighted by molar-refractivity contribution is 5.96. The summed E-state index contributed by atoms with van der Waals surface area (Å²) in [5.74, 6) is -0.0450. The van der Waals surface area contributed by atoms with Crippen molar-refractivity contribution in [2.75, 3.05) is 26.2 Å². The predicted octanol–water partition coefficient (Wildman–Crippen LogP) is 0.595. The maximum Gasteiger partial charge on any atom is 0.255 e. The number of hydrogen-bond acceptors (Lipinski definition) is 3. The molecule has 1 aromatic heterocycles. The summed E-state index contributed by atoms with van der Waals surface area (Å²) >= 11 is 0. The molecular weight excluding hydrogens is 320 g/mol. The molecule has 3 rings (SSSR count). The van der Waals surface area contributed by atoms with Gasteiger partial charge >= 0.3 is 0 Å². The van der Waals surface area contributed by atoms with Crippen LogP contribution in [0.1, 0.15) is 41.0 Å². The van der Waals surface area contributed by atoms with Crippen LogP contribution in [0.4, 0.5) is 0 Å². The number of aromatic nitrogens is 1. The first kappa shape index (κ1) is 17.5. The van der Waals surface area contributed by atoms with Gasteiger partial charge in [-0.15, -0.1) is 0 Å². The van der Waals surface area contributed by atoms with Gasteiger partial charge in [0.05, 0.1) is 5.56 Å². The quantitative estimate of drug-likeness (QED) is 0.852. The number of hydrogen-bond donors (Lipinski definition) is 1. The van der Waals surface area contributed by atoms with Gasteiger partial charge in [-0.05, 0) is 32.8 Å².